The summed E-state index contributed by atoms with van der Waals surface area (Å²) in [5, 5.41) is -0.311. The lowest BCUT2D eigenvalue weighted by atomic mass is 10.0. The standard InChI is InChI=1S/C15H12Cl2F3NO3/c1-3-24-13(23)9-11(22)7-5-4-6-8(15(18,19)20)10(7)21-12(9)14(2,16)17/h4-6H,3H2,1-2H3,(H,21,22). The molecule has 0 saturated carbocycles. The monoisotopic (exact) mass is 381 g/mol. The molecule has 0 aliphatic rings. The van der Waals surface area contributed by atoms with E-state index in [1.54, 1.807) is 0 Å². The Morgan fingerprint density at radius 1 is 1.29 bits per heavy atom. The zero-order valence-electron chi connectivity index (χ0n) is 12.6. The van der Waals surface area contributed by atoms with Crippen molar-refractivity contribution in [1.82, 2.24) is 4.98 Å². The quantitative estimate of drug-likeness (QED) is 0.634. The van der Waals surface area contributed by atoms with Crippen LogP contribution in [0.15, 0.2) is 23.0 Å². The van der Waals surface area contributed by atoms with Crippen LogP contribution in [0.2, 0.25) is 0 Å². The van der Waals surface area contributed by atoms with E-state index in [4.69, 9.17) is 27.9 Å². The Hall–Kier alpha value is -1.73. The van der Waals surface area contributed by atoms with Crippen molar-refractivity contribution in [1.29, 1.82) is 0 Å². The molecule has 0 unspecified atom stereocenters. The van der Waals surface area contributed by atoms with Gasteiger partial charge >= 0.3 is 12.1 Å². The fourth-order valence-electron chi connectivity index (χ4n) is 2.28. The number of nitrogens with one attached hydrogen (secondary N) is 1. The molecule has 2 aromatic rings. The van der Waals surface area contributed by atoms with E-state index in [2.05, 4.69) is 4.98 Å². The Labute approximate surface area is 144 Å². The van der Waals surface area contributed by atoms with Gasteiger partial charge in [0.05, 0.1) is 23.4 Å². The highest BCUT2D eigenvalue weighted by Gasteiger charge is 2.36. The molecule has 2 rings (SSSR count). The molecular formula is C15H12Cl2F3NO3. The maximum Gasteiger partial charge on any atom is 0.418 e. The van der Waals surface area contributed by atoms with E-state index in [9.17, 15) is 22.8 Å². The SMILES string of the molecule is CCOC(=O)c1c(C(C)(Cl)Cl)[nH]c2c(C(F)(F)F)cccc2c1=O. The first kappa shape index (κ1) is 18.6. The summed E-state index contributed by atoms with van der Waals surface area (Å²) in [6.45, 7) is 2.72. The van der Waals surface area contributed by atoms with Gasteiger partial charge in [0, 0.05) is 5.39 Å². The molecule has 0 aliphatic carbocycles. The van der Waals surface area contributed by atoms with Crippen LogP contribution < -0.4 is 5.43 Å². The molecule has 130 valence electrons. The number of ether oxygens (including phenoxy) is 1. The molecule has 0 aliphatic heterocycles. The third kappa shape index (κ3) is 3.37. The van der Waals surface area contributed by atoms with Crippen LogP contribution in [0, 0.1) is 0 Å². The maximum atomic E-state index is 13.2. The summed E-state index contributed by atoms with van der Waals surface area (Å²) >= 11 is 11.9. The Kier molecular flexibility index (Phi) is 4.88. The van der Waals surface area contributed by atoms with E-state index in [1.807, 2.05) is 0 Å². The van der Waals surface area contributed by atoms with E-state index in [0.29, 0.717) is 0 Å². The molecule has 4 nitrogen and oxygen atoms in total. The molecule has 1 aromatic heterocycles. The molecular weight excluding hydrogens is 370 g/mol. The summed E-state index contributed by atoms with van der Waals surface area (Å²) in [5.41, 5.74) is -3.36. The normalized spacial score (nSPS) is 12.5. The number of halogens is 5. The molecule has 0 atom stereocenters. The van der Waals surface area contributed by atoms with Crippen molar-refractivity contribution in [3.8, 4) is 0 Å². The number of hydrogen-bond acceptors (Lipinski definition) is 3. The van der Waals surface area contributed by atoms with Crippen LogP contribution in [-0.2, 0) is 15.2 Å². The van der Waals surface area contributed by atoms with Gasteiger partial charge in [-0.25, -0.2) is 4.79 Å². The number of carbonyl (C=O) groups excluding carboxylic acids is 1. The molecule has 1 heterocycles. The minimum atomic E-state index is -4.71. The topological polar surface area (TPSA) is 59.2 Å². The average molecular weight is 382 g/mol. The number of hydrogen-bond donors (Lipinski definition) is 1. The van der Waals surface area contributed by atoms with Gasteiger partial charge in [-0.15, -0.1) is 0 Å². The van der Waals surface area contributed by atoms with Gasteiger partial charge in [-0.2, -0.15) is 13.2 Å². The van der Waals surface area contributed by atoms with E-state index in [0.717, 1.165) is 12.1 Å². The zero-order valence-corrected chi connectivity index (χ0v) is 14.1. The molecule has 0 amide bonds. The van der Waals surface area contributed by atoms with Gasteiger partial charge < -0.3 is 9.72 Å². The molecule has 0 saturated heterocycles. The second kappa shape index (κ2) is 6.29. The Morgan fingerprint density at radius 2 is 1.92 bits per heavy atom. The van der Waals surface area contributed by atoms with E-state index in [1.165, 1.54) is 19.9 Å². The van der Waals surface area contributed by atoms with Crippen molar-refractivity contribution in [2.24, 2.45) is 0 Å². The van der Waals surface area contributed by atoms with Gasteiger partial charge in [-0.05, 0) is 26.0 Å². The van der Waals surface area contributed by atoms with Crippen molar-refractivity contribution >= 4 is 40.1 Å². The lowest BCUT2D eigenvalue weighted by Gasteiger charge is -2.19. The van der Waals surface area contributed by atoms with Gasteiger partial charge in [0.2, 0.25) is 5.43 Å². The van der Waals surface area contributed by atoms with Gasteiger partial charge in [0.1, 0.15) is 5.56 Å². The average Bonchev–Trinajstić information content (AvgIpc) is 2.44. The van der Waals surface area contributed by atoms with Crippen LogP contribution >= 0.6 is 23.2 Å². The summed E-state index contributed by atoms with van der Waals surface area (Å²) in [5.74, 6) is -1.01. The number of esters is 1. The molecule has 0 fully saturated rings. The van der Waals surface area contributed by atoms with Crippen LogP contribution in [0.5, 0.6) is 0 Å². The molecule has 1 N–H and O–H groups in total. The first-order valence-electron chi connectivity index (χ1n) is 6.80. The first-order chi connectivity index (χ1) is 11.0. The second-order valence-electron chi connectivity index (χ2n) is 5.04. The van der Waals surface area contributed by atoms with Gasteiger partial charge in [-0.3, -0.25) is 4.79 Å². The molecule has 0 bridgehead atoms. The van der Waals surface area contributed by atoms with Gasteiger partial charge in [-0.1, -0.05) is 29.3 Å². The second-order valence-corrected chi connectivity index (χ2v) is 6.74. The van der Waals surface area contributed by atoms with Crippen molar-refractivity contribution in [3.05, 3.63) is 45.2 Å². The highest BCUT2D eigenvalue weighted by Crippen LogP contribution is 2.37. The summed E-state index contributed by atoms with van der Waals surface area (Å²) in [4.78, 5) is 27.1. The van der Waals surface area contributed by atoms with E-state index in [-0.39, 0.29) is 17.7 Å². The molecule has 9 heteroatoms. The minimum absolute atomic E-state index is 0.0281. The summed E-state index contributed by atoms with van der Waals surface area (Å²) in [6.07, 6.45) is -4.71. The lowest BCUT2D eigenvalue weighted by Crippen LogP contribution is -2.26. The zero-order chi connectivity index (χ0) is 18.3. The summed E-state index contributed by atoms with van der Waals surface area (Å²) in [7, 11) is 0. The number of pyridine rings is 1. The number of alkyl halides is 5. The van der Waals surface area contributed by atoms with Crippen LogP contribution in [0.25, 0.3) is 10.9 Å². The van der Waals surface area contributed by atoms with E-state index < -0.39 is 38.6 Å². The van der Waals surface area contributed by atoms with Crippen LogP contribution in [0.1, 0.15) is 35.5 Å². The number of rotatable bonds is 3. The highest BCUT2D eigenvalue weighted by molar-refractivity contribution is 6.47. The fraction of sp³-hybridized carbons (Fsp3) is 0.333. The fourth-order valence-corrected chi connectivity index (χ4v) is 2.56. The third-order valence-corrected chi connectivity index (χ3v) is 3.64. The summed E-state index contributed by atoms with van der Waals surface area (Å²) in [6, 6.07) is 3.07. The van der Waals surface area contributed by atoms with Gasteiger partial charge in [0.25, 0.3) is 0 Å². The first-order valence-corrected chi connectivity index (χ1v) is 7.55. The van der Waals surface area contributed by atoms with Crippen molar-refractivity contribution < 1.29 is 22.7 Å². The number of para-hydroxylation sites is 1. The van der Waals surface area contributed by atoms with E-state index >= 15 is 0 Å². The predicted molar refractivity (Wildman–Crippen MR) is 84.6 cm³/mol. The predicted octanol–water partition coefficient (Wildman–Crippen LogP) is 4.37. The molecule has 0 radical (unpaired) electrons. The largest absolute Gasteiger partial charge is 0.462 e. The van der Waals surface area contributed by atoms with Crippen molar-refractivity contribution in [2.75, 3.05) is 6.61 Å². The molecule has 0 spiro atoms. The highest BCUT2D eigenvalue weighted by atomic mass is 35.5. The van der Waals surface area contributed by atoms with Gasteiger partial charge in [0.15, 0.2) is 4.33 Å². The van der Waals surface area contributed by atoms with Crippen molar-refractivity contribution in [3.63, 3.8) is 0 Å². The number of fused-ring (bicyclic) bond motifs is 1. The number of aromatic nitrogens is 1. The van der Waals surface area contributed by atoms with Crippen molar-refractivity contribution in [2.45, 2.75) is 24.4 Å². The maximum absolute atomic E-state index is 13.2. The van der Waals surface area contributed by atoms with Crippen LogP contribution in [0.4, 0.5) is 13.2 Å². The smallest absolute Gasteiger partial charge is 0.418 e. The number of benzene rings is 1. The Morgan fingerprint density at radius 3 is 2.42 bits per heavy atom. The minimum Gasteiger partial charge on any atom is -0.462 e. The number of H-pyrrole nitrogens is 1. The molecule has 1 aromatic carbocycles. The molecule has 24 heavy (non-hydrogen) atoms. The van der Waals surface area contributed by atoms with Crippen LogP contribution in [-0.4, -0.2) is 17.6 Å². The number of aromatic amines is 1. The Balaban J connectivity index is 2.97. The number of carbonyl (C=O) groups is 1. The third-order valence-electron chi connectivity index (χ3n) is 3.26. The van der Waals surface area contributed by atoms with Crippen LogP contribution in [0.3, 0.4) is 0 Å². The lowest BCUT2D eigenvalue weighted by molar-refractivity contribution is -0.136. The summed E-state index contributed by atoms with van der Waals surface area (Å²) < 4.78 is 42.5. The Bertz CT molecular complexity index is 854.